The molecule has 7 heteroatoms. The van der Waals surface area contributed by atoms with Gasteiger partial charge in [-0.2, -0.15) is 0 Å². The van der Waals surface area contributed by atoms with Crippen molar-refractivity contribution in [2.24, 2.45) is 0 Å². The maximum Gasteiger partial charge on any atom is 0.267 e. The van der Waals surface area contributed by atoms with Gasteiger partial charge in [-0.3, -0.25) is 14.2 Å². The Kier molecular flexibility index (Phi) is 4.59. The third kappa shape index (κ3) is 3.07. The summed E-state index contributed by atoms with van der Waals surface area (Å²) in [6.45, 7) is 4.02. The fourth-order valence-corrected chi connectivity index (χ4v) is 4.46. The number of pyridine rings is 1. The lowest BCUT2D eigenvalue weighted by atomic mass is 10.1. The number of fused-ring (bicyclic) bond motifs is 3. The first-order valence-electron chi connectivity index (χ1n) is 9.62. The summed E-state index contributed by atoms with van der Waals surface area (Å²) in [6.07, 6.45) is 3.61. The Morgan fingerprint density at radius 2 is 1.87 bits per heavy atom. The van der Waals surface area contributed by atoms with Gasteiger partial charge in [-0.15, -0.1) is 10.2 Å². The van der Waals surface area contributed by atoms with E-state index in [2.05, 4.69) is 15.2 Å². The number of hydrogen-bond acceptors (Lipinski definition) is 5. The summed E-state index contributed by atoms with van der Waals surface area (Å²) in [7, 11) is 0. The summed E-state index contributed by atoms with van der Waals surface area (Å²) in [5, 5.41) is 10.2. The van der Waals surface area contributed by atoms with Gasteiger partial charge in [0.05, 0.1) is 16.6 Å². The Bertz CT molecular complexity index is 1440. The van der Waals surface area contributed by atoms with Gasteiger partial charge in [-0.25, -0.2) is 4.57 Å². The van der Waals surface area contributed by atoms with E-state index in [4.69, 9.17) is 0 Å². The molecule has 30 heavy (non-hydrogen) atoms. The van der Waals surface area contributed by atoms with E-state index in [0.29, 0.717) is 16.9 Å². The van der Waals surface area contributed by atoms with E-state index in [1.54, 1.807) is 22.5 Å². The molecule has 0 N–H and O–H groups in total. The van der Waals surface area contributed by atoms with Crippen molar-refractivity contribution in [2.45, 2.75) is 24.8 Å². The monoisotopic (exact) mass is 413 g/mol. The molecule has 0 unspecified atom stereocenters. The predicted molar refractivity (Wildman–Crippen MR) is 119 cm³/mol. The van der Waals surface area contributed by atoms with Crippen LogP contribution >= 0.6 is 11.8 Å². The van der Waals surface area contributed by atoms with Crippen molar-refractivity contribution in [3.63, 3.8) is 0 Å². The van der Waals surface area contributed by atoms with E-state index >= 15 is 0 Å². The standard InChI is InChI=1S/C23H19N5OS/c1-15-9-10-16(2)20(12-15)27-21(29)18-7-3-4-8-19(18)28-22(27)25-26-23(28)30-14-17-6-5-11-24-13-17/h3-13H,14H2,1-2H3. The van der Waals surface area contributed by atoms with Gasteiger partial charge in [-0.05, 0) is 54.8 Å². The highest BCUT2D eigenvalue weighted by molar-refractivity contribution is 7.98. The number of aryl methyl sites for hydroxylation is 2. The van der Waals surface area contributed by atoms with Crippen molar-refractivity contribution in [2.75, 3.05) is 0 Å². The molecule has 3 aromatic heterocycles. The van der Waals surface area contributed by atoms with Crippen molar-refractivity contribution in [3.05, 3.63) is 94.0 Å². The molecule has 0 aliphatic heterocycles. The lowest BCUT2D eigenvalue weighted by molar-refractivity contribution is 0.927. The van der Waals surface area contributed by atoms with Crippen molar-refractivity contribution >= 4 is 28.4 Å². The van der Waals surface area contributed by atoms with Crippen LogP contribution in [-0.2, 0) is 5.75 Å². The molecule has 0 aliphatic carbocycles. The fraction of sp³-hybridized carbons (Fsp3) is 0.130. The van der Waals surface area contributed by atoms with Gasteiger partial charge in [0.25, 0.3) is 5.56 Å². The Balaban J connectivity index is 1.77. The minimum Gasteiger partial charge on any atom is -0.268 e. The van der Waals surface area contributed by atoms with Gasteiger partial charge in [0.1, 0.15) is 0 Å². The van der Waals surface area contributed by atoms with Crippen molar-refractivity contribution < 1.29 is 0 Å². The van der Waals surface area contributed by atoms with Gasteiger partial charge >= 0.3 is 0 Å². The maximum absolute atomic E-state index is 13.5. The van der Waals surface area contributed by atoms with Gasteiger partial charge < -0.3 is 0 Å². The molecular weight excluding hydrogens is 394 g/mol. The van der Waals surface area contributed by atoms with E-state index < -0.39 is 0 Å². The van der Waals surface area contributed by atoms with Crippen molar-refractivity contribution in [1.29, 1.82) is 0 Å². The SMILES string of the molecule is Cc1ccc(C)c(-n2c(=O)c3ccccc3n3c(SCc4cccnc4)nnc23)c1. The van der Waals surface area contributed by atoms with Gasteiger partial charge in [0, 0.05) is 18.1 Å². The highest BCUT2D eigenvalue weighted by atomic mass is 32.2. The zero-order chi connectivity index (χ0) is 20.7. The molecule has 0 aliphatic rings. The molecule has 5 rings (SSSR count). The minimum atomic E-state index is -0.0944. The first kappa shape index (κ1) is 18.6. The van der Waals surface area contributed by atoms with Crippen LogP contribution in [0.15, 0.2) is 76.9 Å². The summed E-state index contributed by atoms with van der Waals surface area (Å²) in [5.74, 6) is 1.23. The lowest BCUT2D eigenvalue weighted by Gasteiger charge is -2.14. The quantitative estimate of drug-likeness (QED) is 0.410. The topological polar surface area (TPSA) is 65.1 Å². The average Bonchev–Trinajstić information content (AvgIpc) is 3.19. The number of nitrogens with zero attached hydrogens (tertiary/aromatic N) is 5. The Morgan fingerprint density at radius 1 is 1.00 bits per heavy atom. The molecule has 2 aromatic carbocycles. The molecule has 0 amide bonds. The summed E-state index contributed by atoms with van der Waals surface area (Å²) in [5.41, 5.74) is 4.73. The van der Waals surface area contributed by atoms with Gasteiger partial charge in [0.2, 0.25) is 5.78 Å². The summed E-state index contributed by atoms with van der Waals surface area (Å²) >= 11 is 1.58. The number of rotatable bonds is 4. The molecule has 0 bridgehead atoms. The third-order valence-corrected chi connectivity index (χ3v) is 6.09. The van der Waals surface area contributed by atoms with Crippen LogP contribution in [0.2, 0.25) is 0 Å². The highest BCUT2D eigenvalue weighted by Crippen LogP contribution is 2.26. The molecule has 0 saturated heterocycles. The fourth-order valence-electron chi connectivity index (χ4n) is 3.58. The van der Waals surface area contributed by atoms with E-state index in [-0.39, 0.29) is 5.56 Å². The largest absolute Gasteiger partial charge is 0.268 e. The highest BCUT2D eigenvalue weighted by Gasteiger charge is 2.19. The van der Waals surface area contributed by atoms with E-state index in [0.717, 1.165) is 33.1 Å². The zero-order valence-electron chi connectivity index (χ0n) is 16.6. The van der Waals surface area contributed by atoms with Crippen LogP contribution < -0.4 is 5.56 Å². The van der Waals surface area contributed by atoms with Crippen molar-refractivity contribution in [1.82, 2.24) is 24.1 Å². The second-order valence-electron chi connectivity index (χ2n) is 7.22. The second kappa shape index (κ2) is 7.42. The number of para-hydroxylation sites is 1. The predicted octanol–water partition coefficient (Wildman–Crippen LogP) is 4.34. The summed E-state index contributed by atoms with van der Waals surface area (Å²) < 4.78 is 3.64. The molecule has 0 saturated carbocycles. The molecule has 0 spiro atoms. The zero-order valence-corrected chi connectivity index (χ0v) is 17.4. The Labute approximate surface area is 177 Å². The van der Waals surface area contributed by atoms with Crippen LogP contribution in [0.5, 0.6) is 0 Å². The van der Waals surface area contributed by atoms with Crippen LogP contribution in [0.1, 0.15) is 16.7 Å². The van der Waals surface area contributed by atoms with Crippen LogP contribution in [-0.4, -0.2) is 24.1 Å². The molecule has 0 fully saturated rings. The molecule has 0 radical (unpaired) electrons. The normalized spacial score (nSPS) is 11.4. The van der Waals surface area contributed by atoms with Gasteiger partial charge in [-0.1, -0.05) is 42.1 Å². The second-order valence-corrected chi connectivity index (χ2v) is 8.16. The van der Waals surface area contributed by atoms with E-state index in [1.807, 2.05) is 79.0 Å². The molecule has 148 valence electrons. The molecule has 6 nitrogen and oxygen atoms in total. The molecule has 3 heterocycles. The Hall–Kier alpha value is -3.45. The molecule has 0 atom stereocenters. The van der Waals surface area contributed by atoms with E-state index in [1.165, 1.54) is 0 Å². The summed E-state index contributed by atoms with van der Waals surface area (Å²) in [4.78, 5) is 17.6. The number of hydrogen-bond donors (Lipinski definition) is 0. The van der Waals surface area contributed by atoms with Gasteiger partial charge in [0.15, 0.2) is 5.16 Å². The molecular formula is C23H19N5OS. The van der Waals surface area contributed by atoms with Crippen LogP contribution in [0, 0.1) is 13.8 Å². The minimum absolute atomic E-state index is 0.0944. The first-order valence-corrected chi connectivity index (χ1v) is 10.6. The van der Waals surface area contributed by atoms with Crippen LogP contribution in [0.4, 0.5) is 0 Å². The summed E-state index contributed by atoms with van der Waals surface area (Å²) in [6, 6.07) is 17.7. The third-order valence-electron chi connectivity index (χ3n) is 5.09. The van der Waals surface area contributed by atoms with Crippen molar-refractivity contribution in [3.8, 4) is 5.69 Å². The number of benzene rings is 2. The maximum atomic E-state index is 13.5. The van der Waals surface area contributed by atoms with E-state index in [9.17, 15) is 4.79 Å². The molecule has 5 aromatic rings. The lowest BCUT2D eigenvalue weighted by Crippen LogP contribution is -2.22. The van der Waals surface area contributed by atoms with Crippen LogP contribution in [0.3, 0.4) is 0 Å². The number of thioether (sulfide) groups is 1. The first-order chi connectivity index (χ1) is 14.6. The Morgan fingerprint density at radius 3 is 2.70 bits per heavy atom. The average molecular weight is 414 g/mol. The smallest absolute Gasteiger partial charge is 0.267 e. The van der Waals surface area contributed by atoms with Crippen LogP contribution in [0.25, 0.3) is 22.4 Å². The number of aromatic nitrogens is 5.